The summed E-state index contributed by atoms with van der Waals surface area (Å²) in [6.07, 6.45) is 5.29. The molecule has 2 aromatic carbocycles. The number of rotatable bonds is 5. The highest BCUT2D eigenvalue weighted by Gasteiger charge is 2.18. The number of nitrogens with zero attached hydrogens (tertiary/aromatic N) is 4. The van der Waals surface area contributed by atoms with Crippen LogP contribution in [-0.2, 0) is 24.3 Å². The Labute approximate surface area is 201 Å². The molecule has 2 aliphatic rings. The van der Waals surface area contributed by atoms with Crippen molar-refractivity contribution >= 4 is 11.6 Å². The van der Waals surface area contributed by atoms with E-state index in [1.165, 1.54) is 6.07 Å². The van der Waals surface area contributed by atoms with Gasteiger partial charge in [0.25, 0.3) is 5.56 Å². The average Bonchev–Trinajstić information content (AvgIpc) is 3.52. The zero-order valence-corrected chi connectivity index (χ0v) is 18.9. The van der Waals surface area contributed by atoms with Gasteiger partial charge in [-0.05, 0) is 43.2 Å². The van der Waals surface area contributed by atoms with Crippen LogP contribution in [0.1, 0.15) is 18.7 Å². The van der Waals surface area contributed by atoms with Crippen LogP contribution in [0.25, 0.3) is 22.5 Å². The molecule has 0 radical (unpaired) electrons. The standard InChI is InChI=1S/C26H23N5O4/c32-25(28-20-6-2-1-5-18(20)21-14-30-12-4-3-7-24(30)27-21)15-31-26(33)11-9-19(29-31)17-8-10-22-23(13-17)35-16-34-22/h1-2,5-6,8-11,13-14H,3-4,7,12,15-16H2,(H,28,32). The molecule has 9 nitrogen and oxygen atoms in total. The number of hydrogen-bond donors (Lipinski definition) is 1. The van der Waals surface area contributed by atoms with E-state index in [9.17, 15) is 9.59 Å². The molecule has 0 spiro atoms. The molecular weight excluding hydrogens is 446 g/mol. The molecule has 4 heterocycles. The second kappa shape index (κ2) is 8.75. The molecule has 1 N–H and O–H groups in total. The summed E-state index contributed by atoms with van der Waals surface area (Å²) in [6, 6.07) is 16.0. The van der Waals surface area contributed by atoms with E-state index in [2.05, 4.69) is 15.0 Å². The van der Waals surface area contributed by atoms with Crippen molar-refractivity contribution in [1.29, 1.82) is 0 Å². The van der Waals surface area contributed by atoms with Gasteiger partial charge in [0.2, 0.25) is 12.7 Å². The number of para-hydroxylation sites is 1. The highest BCUT2D eigenvalue weighted by atomic mass is 16.7. The van der Waals surface area contributed by atoms with Gasteiger partial charge in [0, 0.05) is 36.4 Å². The Hall–Kier alpha value is -4.40. The van der Waals surface area contributed by atoms with E-state index in [4.69, 9.17) is 14.5 Å². The summed E-state index contributed by atoms with van der Waals surface area (Å²) < 4.78 is 14.1. The van der Waals surface area contributed by atoms with E-state index < -0.39 is 0 Å². The molecule has 6 rings (SSSR count). The highest BCUT2D eigenvalue weighted by molar-refractivity contribution is 5.94. The zero-order valence-electron chi connectivity index (χ0n) is 18.9. The predicted octanol–water partition coefficient (Wildman–Crippen LogP) is 3.48. The normalized spacial score (nSPS) is 13.9. The lowest BCUT2D eigenvalue weighted by molar-refractivity contribution is -0.117. The van der Waals surface area contributed by atoms with E-state index in [0.29, 0.717) is 22.9 Å². The Kier molecular flexibility index (Phi) is 5.29. The molecule has 0 fully saturated rings. The summed E-state index contributed by atoms with van der Waals surface area (Å²) in [6.45, 7) is 0.922. The largest absolute Gasteiger partial charge is 0.454 e. The molecular formula is C26H23N5O4. The van der Waals surface area contributed by atoms with Crippen molar-refractivity contribution in [2.45, 2.75) is 32.4 Å². The molecule has 0 saturated heterocycles. The van der Waals surface area contributed by atoms with Crippen LogP contribution in [0.4, 0.5) is 5.69 Å². The fraction of sp³-hybridized carbons (Fsp3) is 0.231. The third-order valence-electron chi connectivity index (χ3n) is 6.21. The number of fused-ring (bicyclic) bond motifs is 2. The summed E-state index contributed by atoms with van der Waals surface area (Å²) in [5.41, 5.74) is 3.28. The van der Waals surface area contributed by atoms with Crippen molar-refractivity contribution in [3.8, 4) is 34.0 Å². The van der Waals surface area contributed by atoms with Crippen LogP contribution in [0.2, 0.25) is 0 Å². The predicted molar refractivity (Wildman–Crippen MR) is 129 cm³/mol. The van der Waals surface area contributed by atoms with Crippen molar-refractivity contribution < 1.29 is 14.3 Å². The van der Waals surface area contributed by atoms with Crippen LogP contribution < -0.4 is 20.3 Å². The van der Waals surface area contributed by atoms with Crippen molar-refractivity contribution in [2.75, 3.05) is 12.1 Å². The SMILES string of the molecule is O=C(Cn1nc(-c2ccc3c(c2)OCO3)ccc1=O)Nc1ccccc1-c1cn2c(n1)CCCC2. The molecule has 0 unspecified atom stereocenters. The minimum absolute atomic E-state index is 0.176. The average molecular weight is 470 g/mol. The van der Waals surface area contributed by atoms with Gasteiger partial charge in [-0.15, -0.1) is 0 Å². The van der Waals surface area contributed by atoms with E-state index in [1.807, 2.05) is 36.5 Å². The molecule has 176 valence electrons. The van der Waals surface area contributed by atoms with Crippen LogP contribution >= 0.6 is 0 Å². The third-order valence-corrected chi connectivity index (χ3v) is 6.21. The van der Waals surface area contributed by atoms with Gasteiger partial charge >= 0.3 is 0 Å². The molecule has 35 heavy (non-hydrogen) atoms. The molecule has 0 aliphatic carbocycles. The molecule has 1 amide bonds. The monoisotopic (exact) mass is 469 g/mol. The highest BCUT2D eigenvalue weighted by Crippen LogP contribution is 2.35. The van der Waals surface area contributed by atoms with Gasteiger partial charge in [-0.25, -0.2) is 9.67 Å². The minimum atomic E-state index is -0.361. The van der Waals surface area contributed by atoms with Gasteiger partial charge < -0.3 is 19.4 Å². The maximum Gasteiger partial charge on any atom is 0.267 e. The molecule has 0 saturated carbocycles. The first kappa shape index (κ1) is 21.2. The van der Waals surface area contributed by atoms with Gasteiger partial charge in [0.15, 0.2) is 11.5 Å². The fourth-order valence-corrected chi connectivity index (χ4v) is 4.46. The number of nitrogens with one attached hydrogen (secondary N) is 1. The van der Waals surface area contributed by atoms with E-state index in [0.717, 1.165) is 53.1 Å². The molecule has 9 heteroatoms. The van der Waals surface area contributed by atoms with Crippen LogP contribution in [0.5, 0.6) is 11.5 Å². The number of hydrogen-bond acceptors (Lipinski definition) is 6. The van der Waals surface area contributed by atoms with Crippen LogP contribution in [0, 0.1) is 0 Å². The number of ether oxygens (including phenoxy) is 2. The molecule has 2 aliphatic heterocycles. The summed E-state index contributed by atoms with van der Waals surface area (Å²) in [7, 11) is 0. The number of aromatic nitrogens is 4. The smallest absolute Gasteiger partial charge is 0.267 e. The van der Waals surface area contributed by atoms with Gasteiger partial charge in [-0.2, -0.15) is 5.10 Å². The maximum atomic E-state index is 12.9. The summed E-state index contributed by atoms with van der Waals surface area (Å²) >= 11 is 0. The Morgan fingerprint density at radius 1 is 1.00 bits per heavy atom. The Bertz CT molecular complexity index is 1470. The van der Waals surface area contributed by atoms with Crippen LogP contribution in [0.3, 0.4) is 0 Å². The quantitative estimate of drug-likeness (QED) is 0.480. The first-order valence-electron chi connectivity index (χ1n) is 11.6. The fourth-order valence-electron chi connectivity index (χ4n) is 4.46. The number of imidazole rings is 1. The van der Waals surface area contributed by atoms with Crippen LogP contribution in [0.15, 0.2) is 65.6 Å². The minimum Gasteiger partial charge on any atom is -0.454 e. The second-order valence-electron chi connectivity index (χ2n) is 8.57. The summed E-state index contributed by atoms with van der Waals surface area (Å²) in [5, 5.41) is 7.34. The lowest BCUT2D eigenvalue weighted by Crippen LogP contribution is -2.29. The number of carbonyl (C=O) groups is 1. The summed E-state index contributed by atoms with van der Waals surface area (Å²) in [4.78, 5) is 30.2. The van der Waals surface area contributed by atoms with Crippen molar-refractivity contribution in [1.82, 2.24) is 19.3 Å². The first-order valence-corrected chi connectivity index (χ1v) is 11.6. The number of amides is 1. The number of anilines is 1. The Balaban J connectivity index is 1.23. The van der Waals surface area contributed by atoms with Gasteiger partial charge in [-0.1, -0.05) is 18.2 Å². The van der Waals surface area contributed by atoms with Gasteiger partial charge in [0.1, 0.15) is 12.4 Å². The van der Waals surface area contributed by atoms with Crippen LogP contribution in [-0.4, -0.2) is 32.0 Å². The van der Waals surface area contributed by atoms with Gasteiger partial charge in [-0.3, -0.25) is 9.59 Å². The topological polar surface area (TPSA) is 100 Å². The Morgan fingerprint density at radius 2 is 1.89 bits per heavy atom. The number of carbonyl (C=O) groups excluding carboxylic acids is 1. The number of benzene rings is 2. The van der Waals surface area contributed by atoms with E-state index in [-0.39, 0.29) is 24.8 Å². The second-order valence-corrected chi connectivity index (χ2v) is 8.57. The zero-order chi connectivity index (χ0) is 23.8. The lowest BCUT2D eigenvalue weighted by atomic mass is 10.1. The van der Waals surface area contributed by atoms with E-state index in [1.54, 1.807) is 18.2 Å². The molecule has 0 bridgehead atoms. The van der Waals surface area contributed by atoms with Crippen molar-refractivity contribution in [3.05, 3.63) is 77.0 Å². The Morgan fingerprint density at radius 3 is 2.80 bits per heavy atom. The summed E-state index contributed by atoms with van der Waals surface area (Å²) in [5.74, 6) is 2.01. The molecule has 2 aromatic heterocycles. The molecule has 4 aromatic rings. The van der Waals surface area contributed by atoms with Gasteiger partial charge in [0.05, 0.1) is 17.1 Å². The maximum absolute atomic E-state index is 12.9. The van der Waals surface area contributed by atoms with Crippen molar-refractivity contribution in [2.24, 2.45) is 0 Å². The third kappa shape index (κ3) is 4.16. The van der Waals surface area contributed by atoms with E-state index >= 15 is 0 Å². The molecule has 0 atom stereocenters. The lowest BCUT2D eigenvalue weighted by Gasteiger charge is -2.11. The number of aryl methyl sites for hydroxylation is 2. The van der Waals surface area contributed by atoms with Crippen molar-refractivity contribution in [3.63, 3.8) is 0 Å². The first-order chi connectivity index (χ1) is 17.1.